The predicted octanol–water partition coefficient (Wildman–Crippen LogP) is 9.23. The van der Waals surface area contributed by atoms with E-state index in [9.17, 15) is 13.2 Å². The minimum Gasteiger partial charge on any atom is -0.166 e. The highest BCUT2D eigenvalue weighted by atomic mass is 19.4. The molecule has 2 aliphatic rings. The molecule has 0 saturated heterocycles. The summed E-state index contributed by atoms with van der Waals surface area (Å²) >= 11 is 0. The van der Waals surface area contributed by atoms with Gasteiger partial charge in [0.1, 0.15) is 0 Å². The van der Waals surface area contributed by atoms with Crippen molar-refractivity contribution >= 4 is 21.9 Å². The number of allylic oxidation sites excluding steroid dienone is 3. The van der Waals surface area contributed by atoms with Crippen molar-refractivity contribution < 1.29 is 13.2 Å². The molecule has 0 fully saturated rings. The lowest BCUT2D eigenvalue weighted by atomic mass is 9.75. The van der Waals surface area contributed by atoms with Gasteiger partial charge in [-0.1, -0.05) is 66.7 Å². The standard InChI is InChI=1S/C32H25F3/c1-18-4-6-23(16-20(18)3)25-12-8-21-11-15-28-26(13-9-22-10-14-27(25)30(21)31(22)28)24-7-5-19(2)29(17-24)32(33,34)35/h4-8,10-13,15-17H,9,14H2,1-3H3. The molecule has 3 heteroatoms. The molecule has 0 heterocycles. The highest BCUT2D eigenvalue weighted by Crippen LogP contribution is 2.47. The lowest BCUT2D eigenvalue weighted by molar-refractivity contribution is -0.138. The molecule has 0 radical (unpaired) electrons. The van der Waals surface area contributed by atoms with Gasteiger partial charge in [-0.3, -0.25) is 0 Å². The van der Waals surface area contributed by atoms with Crippen LogP contribution in [0.5, 0.6) is 0 Å². The van der Waals surface area contributed by atoms with Crippen LogP contribution in [0.4, 0.5) is 13.2 Å². The van der Waals surface area contributed by atoms with Crippen LogP contribution < -0.4 is 0 Å². The Balaban J connectivity index is 1.57. The van der Waals surface area contributed by atoms with Gasteiger partial charge in [0.15, 0.2) is 0 Å². The summed E-state index contributed by atoms with van der Waals surface area (Å²) in [5, 5.41) is 2.42. The van der Waals surface area contributed by atoms with Gasteiger partial charge in [0.25, 0.3) is 0 Å². The van der Waals surface area contributed by atoms with Crippen molar-refractivity contribution in [2.45, 2.75) is 39.8 Å². The first kappa shape index (κ1) is 21.9. The minimum atomic E-state index is -4.37. The van der Waals surface area contributed by atoms with Gasteiger partial charge in [-0.25, -0.2) is 0 Å². The van der Waals surface area contributed by atoms with E-state index in [1.165, 1.54) is 62.7 Å². The molecule has 0 aliphatic heterocycles. The third kappa shape index (κ3) is 3.44. The molecule has 0 N–H and O–H groups in total. The molecule has 0 unspecified atom stereocenters. The van der Waals surface area contributed by atoms with Crippen molar-refractivity contribution in [1.82, 2.24) is 0 Å². The smallest absolute Gasteiger partial charge is 0.166 e. The molecule has 0 saturated carbocycles. The van der Waals surface area contributed by atoms with Gasteiger partial charge in [-0.05, 0) is 112 Å². The van der Waals surface area contributed by atoms with Crippen LogP contribution in [-0.4, -0.2) is 0 Å². The average Bonchev–Trinajstić information content (AvgIpc) is 2.84. The summed E-state index contributed by atoms with van der Waals surface area (Å²) in [5.41, 5.74) is 10.9. The molecule has 0 atom stereocenters. The Hall–Kier alpha value is -3.59. The van der Waals surface area contributed by atoms with Gasteiger partial charge < -0.3 is 0 Å². The van der Waals surface area contributed by atoms with Gasteiger partial charge in [0, 0.05) is 0 Å². The molecule has 6 rings (SSSR count). The van der Waals surface area contributed by atoms with Crippen LogP contribution in [0.2, 0.25) is 0 Å². The summed E-state index contributed by atoms with van der Waals surface area (Å²) in [4.78, 5) is 0. The first-order valence-corrected chi connectivity index (χ1v) is 12.0. The van der Waals surface area contributed by atoms with Gasteiger partial charge in [0.2, 0.25) is 0 Å². The zero-order valence-electron chi connectivity index (χ0n) is 20.0. The fraction of sp³-hybridized carbons (Fsp3) is 0.188. The van der Waals surface area contributed by atoms with Crippen LogP contribution in [-0.2, 0) is 12.6 Å². The van der Waals surface area contributed by atoms with Gasteiger partial charge in [-0.15, -0.1) is 0 Å². The van der Waals surface area contributed by atoms with E-state index in [0.29, 0.717) is 5.56 Å². The van der Waals surface area contributed by atoms with E-state index in [2.05, 4.69) is 68.5 Å². The van der Waals surface area contributed by atoms with Crippen molar-refractivity contribution in [3.63, 3.8) is 0 Å². The molecule has 0 aromatic heterocycles. The van der Waals surface area contributed by atoms with Crippen molar-refractivity contribution in [3.8, 4) is 11.1 Å². The first-order valence-electron chi connectivity index (χ1n) is 12.0. The molecule has 2 aliphatic carbocycles. The average molecular weight is 467 g/mol. The second kappa shape index (κ2) is 7.71. The Morgan fingerprint density at radius 1 is 0.657 bits per heavy atom. The number of halogens is 3. The molecule has 35 heavy (non-hydrogen) atoms. The summed E-state index contributed by atoms with van der Waals surface area (Å²) in [6, 6.07) is 19.9. The number of benzene rings is 4. The lowest BCUT2D eigenvalue weighted by Gasteiger charge is -2.28. The summed E-state index contributed by atoms with van der Waals surface area (Å²) in [7, 11) is 0. The maximum absolute atomic E-state index is 13.7. The lowest BCUT2D eigenvalue weighted by Crippen LogP contribution is -2.10. The van der Waals surface area contributed by atoms with Crippen molar-refractivity contribution in [2.24, 2.45) is 0 Å². The molecule has 0 spiro atoms. The molecule has 0 amide bonds. The van der Waals surface area contributed by atoms with E-state index >= 15 is 0 Å². The summed E-state index contributed by atoms with van der Waals surface area (Å²) in [6.45, 7) is 5.78. The molecule has 0 bridgehead atoms. The molecule has 4 aromatic rings. The monoisotopic (exact) mass is 466 g/mol. The summed E-state index contributed by atoms with van der Waals surface area (Å²) in [6.07, 6.45) is 1.60. The Bertz CT molecular complexity index is 1600. The Morgan fingerprint density at radius 2 is 1.37 bits per heavy atom. The number of rotatable bonds is 2. The largest absolute Gasteiger partial charge is 0.416 e. The van der Waals surface area contributed by atoms with Crippen LogP contribution in [0.25, 0.3) is 33.0 Å². The molecule has 4 aromatic carbocycles. The fourth-order valence-corrected chi connectivity index (χ4v) is 5.64. The number of aryl methyl sites for hydroxylation is 3. The highest BCUT2D eigenvalue weighted by Gasteiger charge is 2.33. The third-order valence-electron chi connectivity index (χ3n) is 7.66. The molecule has 0 nitrogen and oxygen atoms in total. The van der Waals surface area contributed by atoms with Gasteiger partial charge in [-0.2, -0.15) is 13.2 Å². The van der Waals surface area contributed by atoms with E-state index in [4.69, 9.17) is 0 Å². The zero-order valence-corrected chi connectivity index (χ0v) is 20.0. The van der Waals surface area contributed by atoms with Gasteiger partial charge in [0.05, 0.1) is 5.56 Å². The van der Waals surface area contributed by atoms with E-state index < -0.39 is 11.7 Å². The predicted molar refractivity (Wildman–Crippen MR) is 138 cm³/mol. The molecular formula is C32H25F3. The van der Waals surface area contributed by atoms with Crippen LogP contribution >= 0.6 is 0 Å². The number of hydrogen-bond donors (Lipinski definition) is 0. The first-order chi connectivity index (χ1) is 16.7. The van der Waals surface area contributed by atoms with Crippen molar-refractivity contribution in [1.29, 1.82) is 0 Å². The van der Waals surface area contributed by atoms with E-state index in [1.54, 1.807) is 6.07 Å². The zero-order chi connectivity index (χ0) is 24.5. The van der Waals surface area contributed by atoms with E-state index in [-0.39, 0.29) is 5.56 Å². The van der Waals surface area contributed by atoms with Crippen LogP contribution in [0.15, 0.2) is 72.8 Å². The van der Waals surface area contributed by atoms with Crippen LogP contribution in [0.1, 0.15) is 50.9 Å². The summed E-state index contributed by atoms with van der Waals surface area (Å²) < 4.78 is 41.0. The second-order valence-corrected chi connectivity index (χ2v) is 9.76. The van der Waals surface area contributed by atoms with Crippen LogP contribution in [0, 0.1) is 20.8 Å². The topological polar surface area (TPSA) is 0 Å². The maximum Gasteiger partial charge on any atom is 0.416 e. The third-order valence-corrected chi connectivity index (χ3v) is 7.66. The Labute approximate surface area is 203 Å². The normalized spacial score (nSPS) is 14.7. The molecular weight excluding hydrogens is 441 g/mol. The SMILES string of the molecule is Cc1ccc(-c2ccc3ccc4c5c3c2CC=C5CC=C4c2ccc(C)c(C(F)(F)F)c2)cc1C. The van der Waals surface area contributed by atoms with Crippen molar-refractivity contribution in [2.75, 3.05) is 0 Å². The Kier molecular flexibility index (Phi) is 4.83. The number of alkyl halides is 3. The second-order valence-electron chi connectivity index (χ2n) is 9.76. The van der Waals surface area contributed by atoms with Gasteiger partial charge >= 0.3 is 6.18 Å². The van der Waals surface area contributed by atoms with E-state index in [1.807, 2.05) is 6.07 Å². The summed E-state index contributed by atoms with van der Waals surface area (Å²) in [5.74, 6) is 0. The van der Waals surface area contributed by atoms with Crippen molar-refractivity contribution in [3.05, 3.63) is 117 Å². The van der Waals surface area contributed by atoms with Crippen LogP contribution in [0.3, 0.4) is 0 Å². The molecule has 174 valence electrons. The highest BCUT2D eigenvalue weighted by molar-refractivity contribution is 6.07. The maximum atomic E-state index is 13.7. The van der Waals surface area contributed by atoms with E-state index in [0.717, 1.165) is 24.0 Å². The minimum absolute atomic E-state index is 0.249. The fourth-order valence-electron chi connectivity index (χ4n) is 5.64. The quantitative estimate of drug-likeness (QED) is 0.276. The number of hydrogen-bond acceptors (Lipinski definition) is 0. The Morgan fingerprint density at radius 3 is 2.11 bits per heavy atom.